The lowest BCUT2D eigenvalue weighted by Crippen LogP contribution is -2.15. The van der Waals surface area contributed by atoms with Crippen LogP contribution in [0, 0.1) is 0 Å². The molecule has 0 N–H and O–H groups in total. The molecule has 0 aliphatic rings. The highest BCUT2D eigenvalue weighted by Crippen LogP contribution is 2.22. The van der Waals surface area contributed by atoms with Gasteiger partial charge in [0.15, 0.2) is 15.5 Å². The SMILES string of the molecule is CCS(=O)(=O)c1cc(OC(C)C)cnc1C(=O)OC. The molecule has 0 saturated carbocycles. The summed E-state index contributed by atoms with van der Waals surface area (Å²) in [5.41, 5.74) is -0.222. The highest BCUT2D eigenvalue weighted by atomic mass is 32.2. The molecule has 0 bridgehead atoms. The van der Waals surface area contributed by atoms with Crippen molar-refractivity contribution in [2.75, 3.05) is 12.9 Å². The number of hydrogen-bond donors (Lipinski definition) is 0. The molecule has 1 aromatic heterocycles. The number of hydrogen-bond acceptors (Lipinski definition) is 6. The van der Waals surface area contributed by atoms with E-state index in [2.05, 4.69) is 9.72 Å². The van der Waals surface area contributed by atoms with Crippen LogP contribution in [0.3, 0.4) is 0 Å². The molecule has 106 valence electrons. The molecule has 1 heterocycles. The first kappa shape index (κ1) is 15.4. The first-order valence-electron chi connectivity index (χ1n) is 5.79. The summed E-state index contributed by atoms with van der Waals surface area (Å²) in [6, 6.07) is 1.30. The summed E-state index contributed by atoms with van der Waals surface area (Å²) in [6.07, 6.45) is 1.18. The Labute approximate surface area is 112 Å². The maximum absolute atomic E-state index is 12.0. The topological polar surface area (TPSA) is 82.6 Å². The predicted octanol–water partition coefficient (Wildman–Crippen LogP) is 1.45. The maximum atomic E-state index is 12.0. The molecular formula is C12H17NO5S. The van der Waals surface area contributed by atoms with Crippen molar-refractivity contribution in [3.63, 3.8) is 0 Å². The van der Waals surface area contributed by atoms with Crippen LogP contribution >= 0.6 is 0 Å². The lowest BCUT2D eigenvalue weighted by atomic mass is 10.3. The van der Waals surface area contributed by atoms with Gasteiger partial charge in [-0.25, -0.2) is 18.2 Å². The van der Waals surface area contributed by atoms with E-state index in [4.69, 9.17) is 4.74 Å². The van der Waals surface area contributed by atoms with Gasteiger partial charge in [0.2, 0.25) is 0 Å². The van der Waals surface area contributed by atoms with Crippen molar-refractivity contribution in [1.29, 1.82) is 0 Å². The van der Waals surface area contributed by atoms with Crippen LogP contribution in [0.1, 0.15) is 31.3 Å². The first-order chi connectivity index (χ1) is 8.81. The van der Waals surface area contributed by atoms with E-state index in [1.807, 2.05) is 13.8 Å². The Hall–Kier alpha value is -1.63. The molecule has 19 heavy (non-hydrogen) atoms. The fourth-order valence-corrected chi connectivity index (χ4v) is 2.44. The summed E-state index contributed by atoms with van der Waals surface area (Å²) < 4.78 is 33.9. The molecule has 7 heteroatoms. The van der Waals surface area contributed by atoms with Gasteiger partial charge in [0.25, 0.3) is 0 Å². The van der Waals surface area contributed by atoms with Gasteiger partial charge in [-0.3, -0.25) is 0 Å². The van der Waals surface area contributed by atoms with Crippen LogP contribution in [0.4, 0.5) is 0 Å². The van der Waals surface area contributed by atoms with Crippen LogP contribution in [0.25, 0.3) is 0 Å². The second kappa shape index (κ2) is 6.01. The predicted molar refractivity (Wildman–Crippen MR) is 69.1 cm³/mol. The van der Waals surface area contributed by atoms with E-state index in [-0.39, 0.29) is 22.4 Å². The average molecular weight is 287 g/mol. The molecule has 0 aliphatic carbocycles. The van der Waals surface area contributed by atoms with Crippen LogP contribution in [0.5, 0.6) is 5.75 Å². The highest BCUT2D eigenvalue weighted by Gasteiger charge is 2.24. The van der Waals surface area contributed by atoms with E-state index in [1.54, 1.807) is 0 Å². The zero-order chi connectivity index (χ0) is 14.6. The van der Waals surface area contributed by atoms with Gasteiger partial charge in [0.1, 0.15) is 10.6 Å². The van der Waals surface area contributed by atoms with Crippen molar-refractivity contribution < 1.29 is 22.7 Å². The van der Waals surface area contributed by atoms with Crippen LogP contribution < -0.4 is 4.74 Å². The molecule has 0 fully saturated rings. The molecule has 6 nitrogen and oxygen atoms in total. The van der Waals surface area contributed by atoms with Crippen molar-refractivity contribution in [3.8, 4) is 5.75 Å². The molecule has 0 radical (unpaired) electrons. The third-order valence-corrected chi connectivity index (χ3v) is 4.03. The standard InChI is InChI=1S/C12H17NO5S/c1-5-19(15,16)10-6-9(18-8(2)3)7-13-11(10)12(14)17-4/h6-8H,5H2,1-4H3. The summed E-state index contributed by atoms with van der Waals surface area (Å²) in [5, 5.41) is 0. The molecule has 1 aromatic rings. The zero-order valence-electron chi connectivity index (χ0n) is 11.3. The molecule has 0 atom stereocenters. The lowest BCUT2D eigenvalue weighted by molar-refractivity contribution is 0.0589. The van der Waals surface area contributed by atoms with E-state index in [9.17, 15) is 13.2 Å². The third-order valence-electron chi connectivity index (χ3n) is 2.29. The van der Waals surface area contributed by atoms with Crippen LogP contribution in [-0.2, 0) is 14.6 Å². The van der Waals surface area contributed by atoms with Gasteiger partial charge >= 0.3 is 5.97 Å². The molecule has 0 spiro atoms. The zero-order valence-corrected chi connectivity index (χ0v) is 12.2. The smallest absolute Gasteiger partial charge is 0.358 e. The number of sulfone groups is 1. The summed E-state index contributed by atoms with van der Waals surface area (Å²) >= 11 is 0. The highest BCUT2D eigenvalue weighted by molar-refractivity contribution is 7.91. The average Bonchev–Trinajstić information content (AvgIpc) is 2.37. The van der Waals surface area contributed by atoms with E-state index >= 15 is 0 Å². The largest absolute Gasteiger partial charge is 0.489 e. The number of carbonyl (C=O) groups is 1. The number of carbonyl (C=O) groups excluding carboxylic acids is 1. The summed E-state index contributed by atoms with van der Waals surface area (Å²) in [5.74, 6) is -0.623. The van der Waals surface area contributed by atoms with Crippen molar-refractivity contribution in [2.24, 2.45) is 0 Å². The number of methoxy groups -OCH3 is 1. The second-order valence-corrected chi connectivity index (χ2v) is 6.33. The quantitative estimate of drug-likeness (QED) is 0.762. The Morgan fingerprint density at radius 3 is 2.53 bits per heavy atom. The van der Waals surface area contributed by atoms with Gasteiger partial charge < -0.3 is 9.47 Å². The summed E-state index contributed by atoms with van der Waals surface area (Å²) in [4.78, 5) is 15.2. The van der Waals surface area contributed by atoms with Crippen LogP contribution in [-0.4, -0.2) is 38.3 Å². The number of pyridine rings is 1. The Morgan fingerprint density at radius 1 is 1.42 bits per heavy atom. The molecular weight excluding hydrogens is 270 g/mol. The molecule has 0 unspecified atom stereocenters. The fraction of sp³-hybridized carbons (Fsp3) is 0.500. The Kier molecular flexibility index (Phi) is 4.88. The third kappa shape index (κ3) is 3.66. The van der Waals surface area contributed by atoms with Crippen molar-refractivity contribution >= 4 is 15.8 Å². The van der Waals surface area contributed by atoms with E-state index in [0.717, 1.165) is 0 Å². The number of ether oxygens (including phenoxy) is 2. The minimum atomic E-state index is -3.59. The van der Waals surface area contributed by atoms with Gasteiger partial charge in [0.05, 0.1) is 25.2 Å². The minimum absolute atomic E-state index is 0.122. The van der Waals surface area contributed by atoms with Crippen molar-refractivity contribution in [1.82, 2.24) is 4.98 Å². The van der Waals surface area contributed by atoms with E-state index in [0.29, 0.717) is 5.75 Å². The normalized spacial score (nSPS) is 11.4. The molecule has 0 amide bonds. The number of esters is 1. The number of nitrogens with zero attached hydrogens (tertiary/aromatic N) is 1. The van der Waals surface area contributed by atoms with Crippen molar-refractivity contribution in [2.45, 2.75) is 31.8 Å². The summed E-state index contributed by atoms with van der Waals surface area (Å²) in [7, 11) is -2.41. The van der Waals surface area contributed by atoms with Crippen LogP contribution in [0.2, 0.25) is 0 Å². The molecule has 0 aromatic carbocycles. The van der Waals surface area contributed by atoms with E-state index < -0.39 is 15.8 Å². The van der Waals surface area contributed by atoms with Gasteiger partial charge in [-0.2, -0.15) is 0 Å². The molecule has 1 rings (SSSR count). The van der Waals surface area contributed by atoms with Crippen molar-refractivity contribution in [3.05, 3.63) is 18.0 Å². The Morgan fingerprint density at radius 2 is 2.05 bits per heavy atom. The maximum Gasteiger partial charge on any atom is 0.358 e. The summed E-state index contributed by atoms with van der Waals surface area (Å²) in [6.45, 7) is 5.11. The fourth-order valence-electron chi connectivity index (χ4n) is 1.41. The van der Waals surface area contributed by atoms with Gasteiger partial charge in [0, 0.05) is 6.07 Å². The minimum Gasteiger partial charge on any atom is -0.489 e. The second-order valence-electron chi connectivity index (χ2n) is 4.08. The number of rotatable bonds is 5. The van der Waals surface area contributed by atoms with Crippen LogP contribution in [0.15, 0.2) is 17.2 Å². The lowest BCUT2D eigenvalue weighted by Gasteiger charge is -2.12. The van der Waals surface area contributed by atoms with E-state index in [1.165, 1.54) is 26.3 Å². The first-order valence-corrected chi connectivity index (χ1v) is 7.44. The Bertz CT molecular complexity index is 565. The monoisotopic (exact) mass is 287 g/mol. The molecule has 0 saturated heterocycles. The van der Waals surface area contributed by atoms with Gasteiger partial charge in [-0.15, -0.1) is 0 Å². The molecule has 0 aliphatic heterocycles. The Balaban J connectivity index is 3.39. The number of aromatic nitrogens is 1. The van der Waals surface area contributed by atoms with Gasteiger partial charge in [-0.1, -0.05) is 6.92 Å². The van der Waals surface area contributed by atoms with Gasteiger partial charge in [-0.05, 0) is 13.8 Å².